The van der Waals surface area contributed by atoms with Crippen molar-refractivity contribution < 1.29 is 22.9 Å². The molecule has 0 saturated carbocycles. The Hall–Kier alpha value is -3.31. The van der Waals surface area contributed by atoms with Crippen molar-refractivity contribution in [2.45, 2.75) is 31.2 Å². The first-order valence-corrected chi connectivity index (χ1v) is 12.4. The van der Waals surface area contributed by atoms with Gasteiger partial charge in [-0.1, -0.05) is 56.3 Å². The predicted octanol–water partition coefficient (Wildman–Crippen LogP) is 1.81. The minimum atomic E-state index is -4.09. The molecular weight excluding hydrogens is 460 g/mol. The van der Waals surface area contributed by atoms with Crippen LogP contribution in [0, 0.1) is 16.0 Å². The van der Waals surface area contributed by atoms with E-state index in [-0.39, 0.29) is 55.2 Å². The molecule has 34 heavy (non-hydrogen) atoms. The Labute approximate surface area is 198 Å². The number of nitrogens with zero attached hydrogens (tertiary/aromatic N) is 3. The minimum absolute atomic E-state index is 0.00288. The molecule has 0 unspecified atom stereocenters. The van der Waals surface area contributed by atoms with Crippen LogP contribution >= 0.6 is 0 Å². The monoisotopic (exact) mass is 488 g/mol. The molecular formula is C23H28N4O6S. The molecule has 10 nitrogen and oxygen atoms in total. The highest BCUT2D eigenvalue weighted by Gasteiger charge is 2.36. The molecule has 1 atom stereocenters. The van der Waals surface area contributed by atoms with Gasteiger partial charge in [0.15, 0.2) is 4.90 Å². The van der Waals surface area contributed by atoms with Gasteiger partial charge in [-0.05, 0) is 17.5 Å². The SMILES string of the molecule is CC(C)[C@H](NC(=O)Cc1ccccc1)C(=O)N1CCN(S(=O)(=O)c2ccccc2[N+](=O)[O-])CC1. The average molecular weight is 489 g/mol. The highest BCUT2D eigenvalue weighted by Crippen LogP contribution is 2.27. The zero-order valence-corrected chi connectivity index (χ0v) is 19.9. The maximum absolute atomic E-state index is 13.2. The molecule has 1 fully saturated rings. The van der Waals surface area contributed by atoms with Gasteiger partial charge >= 0.3 is 0 Å². The van der Waals surface area contributed by atoms with Crippen LogP contribution in [0.25, 0.3) is 0 Å². The van der Waals surface area contributed by atoms with Crippen LogP contribution in [-0.2, 0) is 26.0 Å². The maximum atomic E-state index is 13.2. The molecule has 0 aromatic heterocycles. The van der Waals surface area contributed by atoms with E-state index in [1.807, 2.05) is 44.2 Å². The van der Waals surface area contributed by atoms with Crippen molar-refractivity contribution >= 4 is 27.5 Å². The van der Waals surface area contributed by atoms with Crippen molar-refractivity contribution in [3.8, 4) is 0 Å². The molecule has 0 radical (unpaired) electrons. The van der Waals surface area contributed by atoms with Crippen LogP contribution in [0.3, 0.4) is 0 Å². The second-order valence-electron chi connectivity index (χ2n) is 8.41. The van der Waals surface area contributed by atoms with E-state index in [1.165, 1.54) is 23.1 Å². The van der Waals surface area contributed by atoms with Gasteiger partial charge < -0.3 is 10.2 Å². The quantitative estimate of drug-likeness (QED) is 0.446. The second kappa shape index (κ2) is 10.7. The number of sulfonamides is 1. The lowest BCUT2D eigenvalue weighted by Crippen LogP contribution is -2.57. The highest BCUT2D eigenvalue weighted by atomic mass is 32.2. The zero-order valence-electron chi connectivity index (χ0n) is 19.1. The lowest BCUT2D eigenvalue weighted by molar-refractivity contribution is -0.387. The number of piperazine rings is 1. The first kappa shape index (κ1) is 25.3. The van der Waals surface area contributed by atoms with Gasteiger partial charge in [-0.15, -0.1) is 0 Å². The van der Waals surface area contributed by atoms with Gasteiger partial charge in [-0.2, -0.15) is 4.31 Å². The number of amides is 2. The van der Waals surface area contributed by atoms with Crippen molar-refractivity contribution in [1.29, 1.82) is 0 Å². The topological polar surface area (TPSA) is 130 Å². The highest BCUT2D eigenvalue weighted by molar-refractivity contribution is 7.89. The lowest BCUT2D eigenvalue weighted by atomic mass is 10.0. The Balaban J connectivity index is 1.65. The number of carbonyl (C=O) groups excluding carboxylic acids is 2. The molecule has 11 heteroatoms. The summed E-state index contributed by atoms with van der Waals surface area (Å²) in [7, 11) is -4.09. The molecule has 1 N–H and O–H groups in total. The van der Waals surface area contributed by atoms with E-state index in [0.29, 0.717) is 0 Å². The average Bonchev–Trinajstić information content (AvgIpc) is 2.82. The largest absolute Gasteiger partial charge is 0.344 e. The van der Waals surface area contributed by atoms with Crippen molar-refractivity contribution in [2.75, 3.05) is 26.2 Å². The van der Waals surface area contributed by atoms with Crippen LogP contribution in [-0.4, -0.2) is 66.6 Å². The molecule has 1 saturated heterocycles. The van der Waals surface area contributed by atoms with Crippen molar-refractivity contribution in [1.82, 2.24) is 14.5 Å². The van der Waals surface area contributed by atoms with Crippen molar-refractivity contribution in [2.24, 2.45) is 5.92 Å². The summed E-state index contributed by atoms with van der Waals surface area (Å²) in [4.78, 5) is 37.4. The van der Waals surface area contributed by atoms with E-state index < -0.39 is 26.7 Å². The molecule has 1 heterocycles. The fraction of sp³-hybridized carbons (Fsp3) is 0.391. The number of nitro benzene ring substituents is 1. The van der Waals surface area contributed by atoms with E-state index >= 15 is 0 Å². The molecule has 2 aromatic carbocycles. The van der Waals surface area contributed by atoms with Crippen LogP contribution in [0.15, 0.2) is 59.5 Å². The van der Waals surface area contributed by atoms with Crippen LogP contribution in [0.5, 0.6) is 0 Å². The first-order valence-electron chi connectivity index (χ1n) is 11.0. The Morgan fingerprint density at radius 3 is 2.18 bits per heavy atom. The number of nitrogens with one attached hydrogen (secondary N) is 1. The third kappa shape index (κ3) is 5.78. The normalized spacial score (nSPS) is 15.7. The predicted molar refractivity (Wildman–Crippen MR) is 125 cm³/mol. The number of nitro groups is 1. The molecule has 0 spiro atoms. The number of rotatable bonds is 8. The molecule has 0 aliphatic carbocycles. The van der Waals surface area contributed by atoms with Crippen LogP contribution in [0.2, 0.25) is 0 Å². The van der Waals surface area contributed by atoms with Gasteiger partial charge in [0, 0.05) is 32.2 Å². The number of benzene rings is 2. The number of carbonyl (C=O) groups is 2. The molecule has 0 bridgehead atoms. The van der Waals surface area contributed by atoms with Gasteiger partial charge in [-0.25, -0.2) is 8.42 Å². The molecule has 1 aliphatic heterocycles. The standard InChI is InChI=1S/C23H28N4O6S/c1-17(2)22(24-21(28)16-18-8-4-3-5-9-18)23(29)25-12-14-26(15-13-25)34(32,33)20-11-7-6-10-19(20)27(30)31/h3-11,17,22H,12-16H2,1-2H3,(H,24,28)/t22-/m0/s1. The lowest BCUT2D eigenvalue weighted by Gasteiger charge is -2.36. The minimum Gasteiger partial charge on any atom is -0.344 e. The van der Waals surface area contributed by atoms with E-state index in [4.69, 9.17) is 0 Å². The fourth-order valence-corrected chi connectivity index (χ4v) is 5.41. The van der Waals surface area contributed by atoms with Crippen LogP contribution < -0.4 is 5.32 Å². The summed E-state index contributed by atoms with van der Waals surface area (Å²) in [6, 6.07) is 13.7. The van der Waals surface area contributed by atoms with Gasteiger partial charge in [-0.3, -0.25) is 19.7 Å². The van der Waals surface area contributed by atoms with E-state index in [1.54, 1.807) is 0 Å². The summed E-state index contributed by atoms with van der Waals surface area (Å²) >= 11 is 0. The van der Waals surface area contributed by atoms with E-state index in [9.17, 15) is 28.1 Å². The summed E-state index contributed by atoms with van der Waals surface area (Å²) < 4.78 is 27.2. The molecule has 3 rings (SSSR count). The Bertz CT molecular complexity index is 1150. The number of hydrogen-bond acceptors (Lipinski definition) is 6. The van der Waals surface area contributed by atoms with Crippen LogP contribution in [0.1, 0.15) is 19.4 Å². The summed E-state index contributed by atoms with van der Waals surface area (Å²) in [5.41, 5.74) is 0.353. The van der Waals surface area contributed by atoms with Gasteiger partial charge in [0.05, 0.1) is 11.3 Å². The van der Waals surface area contributed by atoms with E-state index in [0.717, 1.165) is 15.9 Å². The third-order valence-corrected chi connectivity index (χ3v) is 7.63. The maximum Gasteiger partial charge on any atom is 0.289 e. The molecule has 1 aliphatic rings. The second-order valence-corrected chi connectivity index (χ2v) is 10.3. The fourth-order valence-electron chi connectivity index (χ4n) is 3.83. The van der Waals surface area contributed by atoms with Gasteiger partial charge in [0.1, 0.15) is 6.04 Å². The van der Waals surface area contributed by atoms with Crippen LogP contribution in [0.4, 0.5) is 5.69 Å². The summed E-state index contributed by atoms with van der Waals surface area (Å²) in [5, 5.41) is 14.1. The Kier molecular flexibility index (Phi) is 8.00. The third-order valence-electron chi connectivity index (χ3n) is 5.69. The summed E-state index contributed by atoms with van der Waals surface area (Å²) in [5.74, 6) is -0.712. The Morgan fingerprint density at radius 1 is 1.00 bits per heavy atom. The molecule has 182 valence electrons. The smallest absolute Gasteiger partial charge is 0.289 e. The van der Waals surface area contributed by atoms with E-state index in [2.05, 4.69) is 5.32 Å². The number of hydrogen-bond donors (Lipinski definition) is 1. The van der Waals surface area contributed by atoms with Gasteiger partial charge in [0.25, 0.3) is 5.69 Å². The molecule has 2 amide bonds. The molecule has 2 aromatic rings. The van der Waals surface area contributed by atoms with Crippen molar-refractivity contribution in [3.05, 3.63) is 70.3 Å². The first-order chi connectivity index (χ1) is 16.1. The summed E-state index contributed by atoms with van der Waals surface area (Å²) in [6.07, 6.45) is 0.152. The van der Waals surface area contributed by atoms with Gasteiger partial charge in [0.2, 0.25) is 21.8 Å². The summed E-state index contributed by atoms with van der Waals surface area (Å²) in [6.45, 7) is 3.92. The van der Waals surface area contributed by atoms with Crippen molar-refractivity contribution in [3.63, 3.8) is 0 Å². The zero-order chi connectivity index (χ0) is 24.9. The number of para-hydroxylation sites is 1. The Morgan fingerprint density at radius 2 is 1.59 bits per heavy atom.